The molecular formula is C15H19N3O2. The van der Waals surface area contributed by atoms with Crippen molar-refractivity contribution < 1.29 is 9.90 Å². The lowest BCUT2D eigenvalue weighted by atomic mass is 9.88. The second kappa shape index (κ2) is 5.45. The van der Waals surface area contributed by atoms with Gasteiger partial charge in [0.1, 0.15) is 0 Å². The van der Waals surface area contributed by atoms with Gasteiger partial charge >= 0.3 is 5.97 Å². The highest BCUT2D eigenvalue weighted by Crippen LogP contribution is 2.26. The molecule has 0 radical (unpaired) electrons. The van der Waals surface area contributed by atoms with Crippen molar-refractivity contribution in [3.8, 4) is 0 Å². The molecule has 5 heteroatoms. The Morgan fingerprint density at radius 2 is 1.95 bits per heavy atom. The normalized spacial score (nSPS) is 13.9. The van der Waals surface area contributed by atoms with Gasteiger partial charge in [-0.05, 0) is 20.3 Å². The summed E-state index contributed by atoms with van der Waals surface area (Å²) in [6, 6.07) is 7.84. The summed E-state index contributed by atoms with van der Waals surface area (Å²) in [6.45, 7) is 5.83. The number of carboxylic acids is 1. The number of rotatable bonds is 5. The molecule has 0 aliphatic carbocycles. The average Bonchev–Trinajstić information content (AvgIpc) is 2.46. The Balaban J connectivity index is 2.31. The number of fused-ring (bicyclic) bond motifs is 1. The molecule has 1 aromatic carbocycles. The molecule has 1 atom stereocenters. The van der Waals surface area contributed by atoms with Gasteiger partial charge < -0.3 is 10.4 Å². The van der Waals surface area contributed by atoms with Crippen molar-refractivity contribution in [2.45, 2.75) is 27.2 Å². The van der Waals surface area contributed by atoms with Crippen LogP contribution < -0.4 is 5.32 Å². The van der Waals surface area contributed by atoms with Crippen LogP contribution in [0.4, 0.5) is 5.82 Å². The first-order valence-corrected chi connectivity index (χ1v) is 6.67. The Hall–Kier alpha value is -2.17. The van der Waals surface area contributed by atoms with E-state index in [0.717, 1.165) is 16.5 Å². The van der Waals surface area contributed by atoms with E-state index in [1.54, 1.807) is 6.92 Å². The van der Waals surface area contributed by atoms with Gasteiger partial charge in [0, 0.05) is 17.3 Å². The lowest BCUT2D eigenvalue weighted by Gasteiger charge is -2.23. The van der Waals surface area contributed by atoms with Crippen molar-refractivity contribution in [2.75, 3.05) is 11.9 Å². The molecule has 2 rings (SSSR count). The number of aromatic nitrogens is 2. The number of nitrogens with one attached hydrogen (secondary N) is 1. The standard InChI is InChI=1S/C15H19N3O2/c1-4-15(3,14(19)20)9-16-13-12-8-6-5-7-11(12)10(2)17-18-13/h5-8H,4,9H2,1-3H3,(H,16,18)(H,19,20). The molecule has 0 aliphatic rings. The van der Waals surface area contributed by atoms with E-state index in [1.807, 2.05) is 38.1 Å². The fourth-order valence-corrected chi connectivity index (χ4v) is 2.00. The first kappa shape index (κ1) is 14.2. The van der Waals surface area contributed by atoms with Crippen LogP contribution in [0.15, 0.2) is 24.3 Å². The summed E-state index contributed by atoms with van der Waals surface area (Å²) < 4.78 is 0. The van der Waals surface area contributed by atoms with Gasteiger partial charge in [-0.25, -0.2) is 0 Å². The minimum Gasteiger partial charge on any atom is -0.481 e. The molecule has 2 aromatic rings. The molecule has 0 amide bonds. The molecule has 0 spiro atoms. The molecule has 20 heavy (non-hydrogen) atoms. The van der Waals surface area contributed by atoms with Crippen molar-refractivity contribution in [1.82, 2.24) is 10.2 Å². The van der Waals surface area contributed by atoms with E-state index >= 15 is 0 Å². The topological polar surface area (TPSA) is 75.1 Å². The Kier molecular flexibility index (Phi) is 3.88. The highest BCUT2D eigenvalue weighted by molar-refractivity contribution is 5.93. The van der Waals surface area contributed by atoms with Crippen LogP contribution in [0.1, 0.15) is 26.0 Å². The quantitative estimate of drug-likeness (QED) is 0.876. The number of hydrogen-bond acceptors (Lipinski definition) is 4. The van der Waals surface area contributed by atoms with Gasteiger partial charge in [0.05, 0.1) is 11.1 Å². The lowest BCUT2D eigenvalue weighted by molar-refractivity contribution is -0.147. The van der Waals surface area contributed by atoms with Crippen LogP contribution in [-0.4, -0.2) is 27.8 Å². The summed E-state index contributed by atoms with van der Waals surface area (Å²) in [6.07, 6.45) is 0.548. The number of nitrogens with zero attached hydrogens (tertiary/aromatic N) is 2. The molecule has 2 N–H and O–H groups in total. The number of aliphatic carboxylic acids is 1. The zero-order valence-electron chi connectivity index (χ0n) is 12.0. The van der Waals surface area contributed by atoms with Crippen LogP contribution in [-0.2, 0) is 4.79 Å². The number of aryl methyl sites for hydroxylation is 1. The SMILES string of the molecule is CCC(C)(CNc1nnc(C)c2ccccc12)C(=O)O. The molecule has 0 fully saturated rings. The van der Waals surface area contributed by atoms with Crippen LogP contribution in [0.3, 0.4) is 0 Å². The maximum atomic E-state index is 11.3. The van der Waals surface area contributed by atoms with Gasteiger partial charge in [-0.1, -0.05) is 31.2 Å². The summed E-state index contributed by atoms with van der Waals surface area (Å²) in [5, 5.41) is 22.7. The smallest absolute Gasteiger partial charge is 0.311 e. The van der Waals surface area contributed by atoms with Crippen LogP contribution >= 0.6 is 0 Å². The number of anilines is 1. The number of hydrogen-bond donors (Lipinski definition) is 2. The molecular weight excluding hydrogens is 254 g/mol. The van der Waals surface area contributed by atoms with Crippen LogP contribution in [0, 0.1) is 12.3 Å². The van der Waals surface area contributed by atoms with E-state index in [-0.39, 0.29) is 0 Å². The van der Waals surface area contributed by atoms with E-state index in [2.05, 4.69) is 15.5 Å². The first-order chi connectivity index (χ1) is 9.48. The third-order valence-corrected chi connectivity index (χ3v) is 3.81. The highest BCUT2D eigenvalue weighted by Gasteiger charge is 2.31. The van der Waals surface area contributed by atoms with E-state index in [1.165, 1.54) is 0 Å². The molecule has 0 saturated heterocycles. The lowest BCUT2D eigenvalue weighted by Crippen LogP contribution is -2.34. The molecule has 1 aromatic heterocycles. The Morgan fingerprint density at radius 1 is 1.30 bits per heavy atom. The van der Waals surface area contributed by atoms with Crippen molar-refractivity contribution >= 4 is 22.6 Å². The van der Waals surface area contributed by atoms with E-state index in [0.29, 0.717) is 18.8 Å². The minimum absolute atomic E-state index is 0.320. The van der Waals surface area contributed by atoms with Crippen molar-refractivity contribution in [2.24, 2.45) is 5.41 Å². The van der Waals surface area contributed by atoms with Crippen molar-refractivity contribution in [3.05, 3.63) is 30.0 Å². The van der Waals surface area contributed by atoms with E-state index < -0.39 is 11.4 Å². The summed E-state index contributed by atoms with van der Waals surface area (Å²) in [7, 11) is 0. The maximum absolute atomic E-state index is 11.3. The van der Waals surface area contributed by atoms with Gasteiger partial charge in [0.25, 0.3) is 0 Å². The Labute approximate surface area is 118 Å². The summed E-state index contributed by atoms with van der Waals surface area (Å²) in [4.78, 5) is 11.3. The third-order valence-electron chi connectivity index (χ3n) is 3.81. The maximum Gasteiger partial charge on any atom is 0.311 e. The molecule has 0 bridgehead atoms. The largest absolute Gasteiger partial charge is 0.481 e. The summed E-state index contributed by atoms with van der Waals surface area (Å²) >= 11 is 0. The van der Waals surface area contributed by atoms with Gasteiger partial charge in [0.2, 0.25) is 0 Å². The molecule has 0 aliphatic heterocycles. The zero-order chi connectivity index (χ0) is 14.8. The van der Waals surface area contributed by atoms with Gasteiger partial charge in [-0.2, -0.15) is 5.10 Å². The molecule has 106 valence electrons. The van der Waals surface area contributed by atoms with E-state index in [9.17, 15) is 9.90 Å². The molecule has 1 heterocycles. The molecule has 5 nitrogen and oxygen atoms in total. The minimum atomic E-state index is -0.812. The van der Waals surface area contributed by atoms with Gasteiger partial charge in [-0.3, -0.25) is 4.79 Å². The van der Waals surface area contributed by atoms with Gasteiger partial charge in [0.15, 0.2) is 5.82 Å². The monoisotopic (exact) mass is 273 g/mol. The van der Waals surface area contributed by atoms with Crippen molar-refractivity contribution in [1.29, 1.82) is 0 Å². The first-order valence-electron chi connectivity index (χ1n) is 6.67. The van der Waals surface area contributed by atoms with Gasteiger partial charge in [-0.15, -0.1) is 5.10 Å². The summed E-state index contributed by atoms with van der Waals surface area (Å²) in [5.74, 6) is -0.177. The average molecular weight is 273 g/mol. The highest BCUT2D eigenvalue weighted by atomic mass is 16.4. The number of carbonyl (C=O) groups is 1. The zero-order valence-corrected chi connectivity index (χ0v) is 12.0. The summed E-state index contributed by atoms with van der Waals surface area (Å²) in [5.41, 5.74) is 0.0517. The second-order valence-electron chi connectivity index (χ2n) is 5.25. The third kappa shape index (κ3) is 2.57. The van der Waals surface area contributed by atoms with Crippen molar-refractivity contribution in [3.63, 3.8) is 0 Å². The van der Waals surface area contributed by atoms with Crippen LogP contribution in [0.5, 0.6) is 0 Å². The predicted octanol–water partition coefficient (Wildman–Crippen LogP) is 2.85. The number of carboxylic acid groups (broad SMARTS) is 1. The van der Waals surface area contributed by atoms with E-state index in [4.69, 9.17) is 0 Å². The van der Waals surface area contributed by atoms with Crippen LogP contribution in [0.2, 0.25) is 0 Å². The molecule has 0 saturated carbocycles. The fourth-order valence-electron chi connectivity index (χ4n) is 2.00. The second-order valence-corrected chi connectivity index (χ2v) is 5.25. The number of benzene rings is 1. The molecule has 1 unspecified atom stereocenters. The predicted molar refractivity (Wildman–Crippen MR) is 78.8 cm³/mol. The van der Waals surface area contributed by atoms with Crippen LogP contribution in [0.25, 0.3) is 10.8 Å². The Bertz CT molecular complexity index is 642. The Morgan fingerprint density at radius 3 is 2.55 bits per heavy atom. The fraction of sp³-hybridized carbons (Fsp3) is 0.400.